The van der Waals surface area contributed by atoms with Crippen LogP contribution in [-0.2, 0) is 12.8 Å². The minimum Gasteiger partial charge on any atom is -0.311 e. The molecule has 15 aromatic rings. The highest BCUT2D eigenvalue weighted by Gasteiger charge is 2.28. The lowest BCUT2D eigenvalue weighted by Gasteiger charge is -2.30. The number of rotatable bonds is 14. The molecule has 0 saturated heterocycles. The zero-order chi connectivity index (χ0) is 63.7. The highest BCUT2D eigenvalue weighted by Crippen LogP contribution is 2.50. The van der Waals surface area contributed by atoms with Crippen LogP contribution >= 0.6 is 0 Å². The van der Waals surface area contributed by atoms with Gasteiger partial charge in [0, 0.05) is 34.1 Å². The van der Waals surface area contributed by atoms with E-state index in [1.54, 1.807) is 0 Å². The fourth-order valence-corrected chi connectivity index (χ4v) is 14.6. The molecule has 0 saturated carbocycles. The van der Waals surface area contributed by atoms with E-state index >= 15 is 0 Å². The Balaban J connectivity index is 0.725. The van der Waals surface area contributed by atoms with Crippen molar-refractivity contribution in [2.24, 2.45) is 0 Å². The summed E-state index contributed by atoms with van der Waals surface area (Å²) in [7, 11) is 0. The number of benzene rings is 15. The molecule has 2 aliphatic rings. The molecule has 0 fully saturated rings. The summed E-state index contributed by atoms with van der Waals surface area (Å²) in [6.45, 7) is 0. The molecular weight excluding hydrogens is 1160 g/mol. The number of hydrogen-bond donors (Lipinski definition) is 0. The Hall–Kier alpha value is -12.4. The fourth-order valence-electron chi connectivity index (χ4n) is 14.6. The maximum absolute atomic E-state index is 2.48. The molecule has 15 aromatic carbocycles. The van der Waals surface area contributed by atoms with E-state index in [1.807, 2.05) is 0 Å². The minimum atomic E-state index is 0.829. The summed E-state index contributed by atoms with van der Waals surface area (Å²) in [6, 6.07) is 124. The lowest BCUT2D eigenvalue weighted by atomic mass is 9.74. The standard InChI is InChI=1S/C94H66N2/c1-5-17-65(18-6-1)29-31-67-33-47-77(48-34-67)95(75-23-9-3-10-24-75)79-51-41-72(42-52-79)84-58-59-85(93-90(84)64-62-87-81-27-15-13-21-69(81)45-55-91(87)93)73-39-37-71(38-40-73)83-57-60-86(94-89(83)63-61-88-82-28-16-14-22-70(82)46-56-92(88)94)74-43-53-80(54-44-74)96(76-25-11-4-12-26-76)78-49-35-68(36-50-78)32-30-66-19-7-2-8-20-66/h1-45,47-62,64H,46,63H2. The van der Waals surface area contributed by atoms with E-state index in [2.05, 4.69) is 386 Å². The van der Waals surface area contributed by atoms with Crippen LogP contribution in [0, 0.1) is 0 Å². The van der Waals surface area contributed by atoms with Crippen LogP contribution in [0.4, 0.5) is 34.1 Å². The van der Waals surface area contributed by atoms with E-state index in [-0.39, 0.29) is 0 Å². The Morgan fingerprint density at radius 3 is 1.21 bits per heavy atom. The molecule has 2 heteroatoms. The average molecular weight is 1220 g/mol. The topological polar surface area (TPSA) is 6.48 Å². The highest BCUT2D eigenvalue weighted by atomic mass is 15.1. The van der Waals surface area contributed by atoms with Crippen molar-refractivity contribution in [1.82, 2.24) is 0 Å². The molecule has 0 amide bonds. The van der Waals surface area contributed by atoms with Gasteiger partial charge in [-0.15, -0.1) is 0 Å². The molecule has 0 bridgehead atoms. The Bertz CT molecular complexity index is 5490. The molecule has 0 aliphatic heterocycles. The molecular formula is C94H66N2. The number of allylic oxidation sites excluding steroid dienone is 4. The minimum absolute atomic E-state index is 0.829. The van der Waals surface area contributed by atoms with Gasteiger partial charge < -0.3 is 9.80 Å². The molecule has 0 radical (unpaired) electrons. The van der Waals surface area contributed by atoms with Crippen molar-refractivity contribution < 1.29 is 0 Å². The Morgan fingerprint density at radius 2 is 0.625 bits per heavy atom. The van der Waals surface area contributed by atoms with Gasteiger partial charge in [-0.05, 0) is 218 Å². The number of fused-ring (bicyclic) bond motifs is 10. The lowest BCUT2D eigenvalue weighted by Crippen LogP contribution is -2.11. The predicted octanol–water partition coefficient (Wildman–Crippen LogP) is 25.7. The molecule has 0 unspecified atom stereocenters. The smallest absolute Gasteiger partial charge is 0.0462 e. The SMILES string of the molecule is C(=Cc1ccc(N(c2ccccc2)c2ccc(-c3ccc(-c4ccc(-c5ccc(-c6ccc(N(c7ccccc7)c7ccc(C=Cc8ccccc8)cc7)cc6)c6ccc7c8ccccc8ccc7c56)cc4)c4c3C3=CCc5ccccc5C3=CC4)cc2)cc1)c1ccccc1. The maximum atomic E-state index is 2.48. The molecule has 0 N–H and O–H groups in total. The first-order chi connectivity index (χ1) is 47.6. The summed E-state index contributed by atoms with van der Waals surface area (Å²) >= 11 is 0. The fraction of sp³-hybridized carbons (Fsp3) is 0.0213. The highest BCUT2D eigenvalue weighted by molar-refractivity contribution is 6.23. The molecule has 0 atom stereocenters. The molecule has 2 nitrogen and oxygen atoms in total. The zero-order valence-electron chi connectivity index (χ0n) is 53.1. The summed E-state index contributed by atoms with van der Waals surface area (Å²) in [4.78, 5) is 4.70. The first-order valence-corrected chi connectivity index (χ1v) is 33.3. The van der Waals surface area contributed by atoms with Gasteiger partial charge >= 0.3 is 0 Å². The van der Waals surface area contributed by atoms with Crippen molar-refractivity contribution in [1.29, 1.82) is 0 Å². The van der Waals surface area contributed by atoms with Gasteiger partial charge in [0.1, 0.15) is 0 Å². The second-order valence-corrected chi connectivity index (χ2v) is 25.0. The quantitative estimate of drug-likeness (QED) is 0.0791. The number of anilines is 6. The molecule has 0 aromatic heterocycles. The zero-order valence-corrected chi connectivity index (χ0v) is 53.1. The summed E-state index contributed by atoms with van der Waals surface area (Å²) in [5.41, 5.74) is 29.1. The Morgan fingerprint density at radius 1 is 0.229 bits per heavy atom. The van der Waals surface area contributed by atoms with E-state index in [0.717, 1.165) is 58.1 Å². The van der Waals surface area contributed by atoms with Crippen molar-refractivity contribution >= 4 is 102 Å². The van der Waals surface area contributed by atoms with Crippen LogP contribution in [-0.4, -0.2) is 0 Å². The van der Waals surface area contributed by atoms with Crippen LogP contribution in [0.25, 0.3) is 112 Å². The largest absolute Gasteiger partial charge is 0.311 e. The van der Waals surface area contributed by atoms with Crippen molar-refractivity contribution in [3.63, 3.8) is 0 Å². The molecule has 17 rings (SSSR count). The number of nitrogens with zero attached hydrogens (tertiary/aromatic N) is 2. The first kappa shape index (κ1) is 57.5. The monoisotopic (exact) mass is 1220 g/mol. The third-order valence-electron chi connectivity index (χ3n) is 19.4. The number of hydrogen-bond acceptors (Lipinski definition) is 2. The summed E-state index contributed by atoms with van der Waals surface area (Å²) < 4.78 is 0. The molecule has 0 spiro atoms. The van der Waals surface area contributed by atoms with Crippen molar-refractivity contribution in [3.8, 4) is 44.5 Å². The van der Waals surface area contributed by atoms with Gasteiger partial charge in [0.15, 0.2) is 0 Å². The average Bonchev–Trinajstić information content (AvgIpc) is 0.742. The van der Waals surface area contributed by atoms with Gasteiger partial charge in [-0.25, -0.2) is 0 Å². The van der Waals surface area contributed by atoms with Crippen LogP contribution in [0.15, 0.2) is 352 Å². The predicted molar refractivity (Wildman–Crippen MR) is 411 cm³/mol. The summed E-state index contributed by atoms with van der Waals surface area (Å²) in [6.07, 6.45) is 15.4. The molecule has 0 heterocycles. The van der Waals surface area contributed by atoms with Gasteiger partial charge in [0.2, 0.25) is 0 Å². The first-order valence-electron chi connectivity index (χ1n) is 33.3. The second-order valence-electron chi connectivity index (χ2n) is 25.0. The molecule has 2 aliphatic carbocycles. The van der Waals surface area contributed by atoms with Crippen LogP contribution in [0.1, 0.15) is 44.5 Å². The van der Waals surface area contributed by atoms with E-state index in [9.17, 15) is 0 Å². The third-order valence-corrected chi connectivity index (χ3v) is 19.4. The van der Waals surface area contributed by atoms with Gasteiger partial charge in [-0.1, -0.05) is 303 Å². The molecule has 96 heavy (non-hydrogen) atoms. The van der Waals surface area contributed by atoms with Crippen molar-refractivity contribution in [2.75, 3.05) is 9.80 Å². The van der Waals surface area contributed by atoms with Crippen LogP contribution in [0.5, 0.6) is 0 Å². The van der Waals surface area contributed by atoms with Crippen LogP contribution in [0.2, 0.25) is 0 Å². The third kappa shape index (κ3) is 11.0. The summed E-state index contributed by atoms with van der Waals surface area (Å²) in [5, 5.41) is 7.48. The van der Waals surface area contributed by atoms with Crippen molar-refractivity contribution in [3.05, 3.63) is 396 Å². The van der Waals surface area contributed by atoms with Crippen molar-refractivity contribution in [2.45, 2.75) is 12.8 Å². The van der Waals surface area contributed by atoms with Crippen LogP contribution < -0.4 is 9.80 Å². The summed E-state index contributed by atoms with van der Waals surface area (Å²) in [5.74, 6) is 0. The van der Waals surface area contributed by atoms with E-state index in [1.165, 1.54) is 121 Å². The van der Waals surface area contributed by atoms with Crippen LogP contribution in [0.3, 0.4) is 0 Å². The van der Waals surface area contributed by atoms with Gasteiger partial charge in [-0.2, -0.15) is 0 Å². The Kier molecular flexibility index (Phi) is 15.1. The Labute approximate surface area is 562 Å². The van der Waals surface area contributed by atoms with E-state index < -0.39 is 0 Å². The van der Waals surface area contributed by atoms with Gasteiger partial charge in [-0.3, -0.25) is 0 Å². The van der Waals surface area contributed by atoms with Gasteiger partial charge in [0.05, 0.1) is 0 Å². The second kappa shape index (κ2) is 25.3. The lowest BCUT2D eigenvalue weighted by molar-refractivity contribution is 1.18. The molecule has 452 valence electrons. The van der Waals surface area contributed by atoms with E-state index in [0.29, 0.717) is 0 Å². The number of para-hydroxylation sites is 2. The van der Waals surface area contributed by atoms with E-state index in [4.69, 9.17) is 0 Å². The normalized spacial score (nSPS) is 12.5. The van der Waals surface area contributed by atoms with Gasteiger partial charge in [0.25, 0.3) is 0 Å². The maximum Gasteiger partial charge on any atom is 0.0462 e.